The Morgan fingerprint density at radius 1 is 1.10 bits per heavy atom. The van der Waals surface area contributed by atoms with Gasteiger partial charge >= 0.3 is 0 Å². The topological polar surface area (TPSA) is 66.6 Å². The smallest absolute Gasteiger partial charge is 0.236 e. The number of hydrogen-bond donors (Lipinski definition) is 1. The second-order valence-corrected chi connectivity index (χ2v) is 4.79. The van der Waals surface area contributed by atoms with Crippen molar-refractivity contribution in [2.75, 3.05) is 39.3 Å². The molecule has 1 heterocycles. The number of amides is 1. The third-order valence-electron chi connectivity index (χ3n) is 3.43. The van der Waals surface area contributed by atoms with Crippen molar-refractivity contribution in [1.29, 1.82) is 0 Å². The van der Waals surface area contributed by atoms with Gasteiger partial charge in [0, 0.05) is 31.7 Å². The summed E-state index contributed by atoms with van der Waals surface area (Å²) in [6.07, 6.45) is 0. The van der Waals surface area contributed by atoms with E-state index in [1.54, 1.807) is 4.90 Å². The predicted octanol–water partition coefficient (Wildman–Crippen LogP) is 0.111. The van der Waals surface area contributed by atoms with E-state index in [2.05, 4.69) is 0 Å². The predicted molar refractivity (Wildman–Crippen MR) is 72.8 cm³/mol. The third-order valence-corrected chi connectivity index (χ3v) is 3.43. The number of hydrogen-bond acceptors (Lipinski definition) is 4. The molecule has 0 aliphatic carbocycles. The lowest BCUT2D eigenvalue weighted by atomic mass is 10.1. The maximum Gasteiger partial charge on any atom is 0.236 e. The number of ketones is 1. The fraction of sp³-hybridized carbons (Fsp3) is 0.429. The first kappa shape index (κ1) is 14.6. The van der Waals surface area contributed by atoms with E-state index in [4.69, 9.17) is 5.73 Å². The van der Waals surface area contributed by atoms with E-state index in [-0.39, 0.29) is 30.6 Å². The van der Waals surface area contributed by atoms with Crippen LogP contribution in [0.4, 0.5) is 4.39 Å². The summed E-state index contributed by atoms with van der Waals surface area (Å²) in [5.74, 6) is -0.450. The average Bonchev–Trinajstić information content (AvgIpc) is 2.48. The zero-order chi connectivity index (χ0) is 14.5. The highest BCUT2D eigenvalue weighted by molar-refractivity contribution is 5.97. The van der Waals surface area contributed by atoms with Crippen LogP contribution in [0, 0.1) is 5.82 Å². The molecule has 20 heavy (non-hydrogen) atoms. The van der Waals surface area contributed by atoms with Crippen molar-refractivity contribution in [2.24, 2.45) is 5.73 Å². The van der Waals surface area contributed by atoms with Crippen molar-refractivity contribution in [1.82, 2.24) is 9.80 Å². The molecule has 1 amide bonds. The molecule has 0 unspecified atom stereocenters. The van der Waals surface area contributed by atoms with Gasteiger partial charge in [-0.1, -0.05) is 0 Å². The van der Waals surface area contributed by atoms with Gasteiger partial charge in [0.25, 0.3) is 0 Å². The van der Waals surface area contributed by atoms with Crippen LogP contribution in [-0.2, 0) is 4.79 Å². The van der Waals surface area contributed by atoms with E-state index in [0.29, 0.717) is 31.7 Å². The van der Waals surface area contributed by atoms with Gasteiger partial charge in [0.15, 0.2) is 5.78 Å². The van der Waals surface area contributed by atoms with Crippen LogP contribution in [0.5, 0.6) is 0 Å². The summed E-state index contributed by atoms with van der Waals surface area (Å²) >= 11 is 0. The summed E-state index contributed by atoms with van der Waals surface area (Å²) in [6.45, 7) is 2.79. The molecule has 1 aromatic carbocycles. The van der Waals surface area contributed by atoms with Crippen molar-refractivity contribution < 1.29 is 14.0 Å². The molecule has 1 aromatic rings. The van der Waals surface area contributed by atoms with Crippen molar-refractivity contribution >= 4 is 11.7 Å². The van der Waals surface area contributed by atoms with Gasteiger partial charge in [-0.25, -0.2) is 4.39 Å². The van der Waals surface area contributed by atoms with E-state index < -0.39 is 0 Å². The summed E-state index contributed by atoms with van der Waals surface area (Å²) in [5.41, 5.74) is 5.82. The molecule has 2 N–H and O–H groups in total. The second kappa shape index (κ2) is 6.58. The van der Waals surface area contributed by atoms with Crippen LogP contribution in [-0.4, -0.2) is 60.8 Å². The van der Waals surface area contributed by atoms with E-state index in [9.17, 15) is 14.0 Å². The Morgan fingerprint density at radius 3 is 2.25 bits per heavy atom. The monoisotopic (exact) mass is 279 g/mol. The molecule has 6 heteroatoms. The van der Waals surface area contributed by atoms with Gasteiger partial charge in [0.05, 0.1) is 13.1 Å². The van der Waals surface area contributed by atoms with Crippen LogP contribution in [0.2, 0.25) is 0 Å². The number of halogens is 1. The highest BCUT2D eigenvalue weighted by Crippen LogP contribution is 2.07. The normalized spacial score (nSPS) is 16.2. The fourth-order valence-corrected chi connectivity index (χ4v) is 2.21. The van der Waals surface area contributed by atoms with Gasteiger partial charge in [-0.05, 0) is 24.3 Å². The van der Waals surface area contributed by atoms with Gasteiger partial charge < -0.3 is 10.6 Å². The van der Waals surface area contributed by atoms with E-state index in [1.807, 2.05) is 4.90 Å². The summed E-state index contributed by atoms with van der Waals surface area (Å²) in [7, 11) is 0. The first-order valence-electron chi connectivity index (χ1n) is 6.59. The molecule has 5 nitrogen and oxygen atoms in total. The molecule has 0 spiro atoms. The van der Waals surface area contributed by atoms with Crippen LogP contribution in [0.15, 0.2) is 24.3 Å². The number of nitrogens with zero attached hydrogens (tertiary/aromatic N) is 2. The van der Waals surface area contributed by atoms with Crippen molar-refractivity contribution in [3.8, 4) is 0 Å². The lowest BCUT2D eigenvalue weighted by Gasteiger charge is -2.34. The molecule has 1 saturated heterocycles. The zero-order valence-corrected chi connectivity index (χ0v) is 11.2. The molecular weight excluding hydrogens is 261 g/mol. The van der Waals surface area contributed by atoms with Crippen LogP contribution in [0.3, 0.4) is 0 Å². The maximum absolute atomic E-state index is 12.8. The van der Waals surface area contributed by atoms with Crippen LogP contribution in [0.25, 0.3) is 0 Å². The number of carbonyl (C=O) groups excluding carboxylic acids is 2. The number of benzene rings is 1. The molecular formula is C14H18FN3O2. The highest BCUT2D eigenvalue weighted by Gasteiger charge is 2.21. The van der Waals surface area contributed by atoms with Crippen molar-refractivity contribution in [2.45, 2.75) is 0 Å². The molecule has 1 aliphatic rings. The second-order valence-electron chi connectivity index (χ2n) is 4.79. The molecule has 0 radical (unpaired) electrons. The highest BCUT2D eigenvalue weighted by atomic mass is 19.1. The summed E-state index contributed by atoms with van der Waals surface area (Å²) in [6, 6.07) is 5.55. The Kier molecular flexibility index (Phi) is 4.81. The number of Topliss-reactive ketones (excluding diaryl/α,β-unsaturated/α-hetero) is 1. The van der Waals surface area contributed by atoms with Crippen LogP contribution < -0.4 is 5.73 Å². The summed E-state index contributed by atoms with van der Waals surface area (Å²) < 4.78 is 12.8. The van der Waals surface area contributed by atoms with Crippen LogP contribution >= 0.6 is 0 Å². The Balaban J connectivity index is 1.85. The molecule has 0 bridgehead atoms. The Bertz CT molecular complexity index is 482. The largest absolute Gasteiger partial charge is 0.339 e. The minimum Gasteiger partial charge on any atom is -0.339 e. The Labute approximate surface area is 117 Å². The Hall–Kier alpha value is -1.79. The van der Waals surface area contributed by atoms with Gasteiger partial charge in [-0.3, -0.25) is 14.5 Å². The third kappa shape index (κ3) is 3.61. The van der Waals surface area contributed by atoms with Gasteiger partial charge in [0.2, 0.25) is 5.91 Å². The van der Waals surface area contributed by atoms with Crippen molar-refractivity contribution in [3.63, 3.8) is 0 Å². The zero-order valence-electron chi connectivity index (χ0n) is 11.2. The molecule has 1 fully saturated rings. The standard InChI is InChI=1S/C14H18FN3O2/c15-12-3-1-11(2-4-12)13(19)10-17-5-7-18(8-6-17)14(20)9-16/h1-4H,5-10,16H2. The van der Waals surface area contributed by atoms with Gasteiger partial charge in [-0.2, -0.15) is 0 Å². The minimum absolute atomic E-state index is 0.0223. The van der Waals surface area contributed by atoms with Gasteiger partial charge in [-0.15, -0.1) is 0 Å². The molecule has 1 aliphatic heterocycles. The summed E-state index contributed by atoms with van der Waals surface area (Å²) in [4.78, 5) is 27.2. The number of rotatable bonds is 4. The fourth-order valence-electron chi connectivity index (χ4n) is 2.21. The Morgan fingerprint density at radius 2 is 1.70 bits per heavy atom. The van der Waals surface area contributed by atoms with Crippen LogP contribution in [0.1, 0.15) is 10.4 Å². The molecule has 0 aromatic heterocycles. The quantitative estimate of drug-likeness (QED) is 0.795. The van der Waals surface area contributed by atoms with E-state index in [1.165, 1.54) is 24.3 Å². The number of piperazine rings is 1. The van der Waals surface area contributed by atoms with E-state index >= 15 is 0 Å². The molecule has 0 saturated carbocycles. The average molecular weight is 279 g/mol. The summed E-state index contributed by atoms with van der Waals surface area (Å²) in [5, 5.41) is 0. The van der Waals surface area contributed by atoms with Gasteiger partial charge in [0.1, 0.15) is 5.82 Å². The van der Waals surface area contributed by atoms with E-state index in [0.717, 1.165) is 0 Å². The molecule has 108 valence electrons. The molecule has 0 atom stereocenters. The van der Waals surface area contributed by atoms with Crippen molar-refractivity contribution in [3.05, 3.63) is 35.6 Å². The SMILES string of the molecule is NCC(=O)N1CCN(CC(=O)c2ccc(F)cc2)CC1. The lowest BCUT2D eigenvalue weighted by molar-refractivity contribution is -0.131. The minimum atomic E-state index is -0.351. The lowest BCUT2D eigenvalue weighted by Crippen LogP contribution is -2.51. The number of carbonyl (C=O) groups is 2. The first-order valence-corrected chi connectivity index (χ1v) is 6.59. The number of nitrogens with two attached hydrogens (primary N) is 1. The molecule has 2 rings (SSSR count). The maximum atomic E-state index is 12.8. The first-order chi connectivity index (χ1) is 9.60.